The highest BCUT2D eigenvalue weighted by Gasteiger charge is 2.44. The third kappa shape index (κ3) is 5.01. The first-order valence-electron chi connectivity index (χ1n) is 18.3. The van der Waals surface area contributed by atoms with Crippen molar-refractivity contribution in [2.24, 2.45) is 0 Å². The van der Waals surface area contributed by atoms with Crippen molar-refractivity contribution in [2.45, 2.75) is 16.6 Å². The average molecular weight is 686 g/mol. The fourth-order valence-electron chi connectivity index (χ4n) is 8.60. The van der Waals surface area contributed by atoms with Crippen molar-refractivity contribution in [2.75, 3.05) is 16.9 Å². The Balaban J connectivity index is 1.16. The molecule has 2 atom stereocenters. The Morgan fingerprint density at radius 3 is 1.77 bits per heavy atom. The van der Waals surface area contributed by atoms with Gasteiger partial charge in [-0.2, -0.15) is 0 Å². The SMILES string of the molecule is CS12CCC=CC1c1cc(-c3ccccc3)c(N(c3ccc(-c4ccccc4)cc3)c3ccc(-c4cc5ccccc5c5ccccc45)cc3)cc12. The zero-order chi connectivity index (χ0) is 34.6. The van der Waals surface area contributed by atoms with Crippen LogP contribution in [0.15, 0.2) is 193 Å². The van der Waals surface area contributed by atoms with E-state index in [0.717, 1.165) is 11.4 Å². The molecule has 0 radical (unpaired) electrons. The van der Waals surface area contributed by atoms with E-state index in [1.165, 1.54) is 78.4 Å². The second-order valence-electron chi connectivity index (χ2n) is 14.3. The Kier molecular flexibility index (Phi) is 7.40. The van der Waals surface area contributed by atoms with Crippen molar-refractivity contribution in [3.8, 4) is 33.4 Å². The molecule has 10 rings (SSSR count). The van der Waals surface area contributed by atoms with Crippen LogP contribution in [0.3, 0.4) is 0 Å². The van der Waals surface area contributed by atoms with E-state index in [-0.39, 0.29) is 0 Å². The number of hydrogen-bond donors (Lipinski definition) is 0. The van der Waals surface area contributed by atoms with Crippen molar-refractivity contribution in [3.05, 3.63) is 194 Å². The van der Waals surface area contributed by atoms with Gasteiger partial charge in [0.05, 0.1) is 5.69 Å². The maximum absolute atomic E-state index is 2.55. The molecule has 0 aromatic heterocycles. The van der Waals surface area contributed by atoms with Gasteiger partial charge in [-0.05, 0) is 121 Å². The molecule has 2 aliphatic heterocycles. The Hall–Kier alpha value is -5.83. The highest BCUT2D eigenvalue weighted by Crippen LogP contribution is 2.76. The molecule has 2 aliphatic rings. The predicted octanol–water partition coefficient (Wildman–Crippen LogP) is 14.3. The lowest BCUT2D eigenvalue weighted by molar-refractivity contribution is 0.978. The van der Waals surface area contributed by atoms with Crippen LogP contribution in [0.2, 0.25) is 0 Å². The average Bonchev–Trinajstić information content (AvgIpc) is 3.21. The van der Waals surface area contributed by atoms with Crippen LogP contribution in [-0.2, 0) is 0 Å². The summed E-state index contributed by atoms with van der Waals surface area (Å²) >= 11 is 0. The number of anilines is 3. The molecule has 8 aromatic carbocycles. The van der Waals surface area contributed by atoms with E-state index in [0.29, 0.717) is 5.25 Å². The lowest BCUT2D eigenvalue weighted by Gasteiger charge is -2.55. The summed E-state index contributed by atoms with van der Waals surface area (Å²) in [6.45, 7) is 0. The monoisotopic (exact) mass is 685 g/mol. The van der Waals surface area contributed by atoms with Crippen LogP contribution in [0.5, 0.6) is 0 Å². The first-order valence-corrected chi connectivity index (χ1v) is 20.5. The van der Waals surface area contributed by atoms with Gasteiger partial charge < -0.3 is 4.90 Å². The molecule has 0 saturated heterocycles. The second-order valence-corrected chi connectivity index (χ2v) is 17.9. The Morgan fingerprint density at radius 1 is 0.500 bits per heavy atom. The molecular formula is C50H39NS. The van der Waals surface area contributed by atoms with Gasteiger partial charge in [-0.15, -0.1) is 0 Å². The van der Waals surface area contributed by atoms with Crippen LogP contribution in [0.25, 0.3) is 54.9 Å². The largest absolute Gasteiger partial charge is 0.310 e. The molecule has 0 bridgehead atoms. The number of benzene rings is 8. The number of hydrogen-bond acceptors (Lipinski definition) is 1. The van der Waals surface area contributed by atoms with Gasteiger partial charge in [0, 0.05) is 22.2 Å². The van der Waals surface area contributed by atoms with Crippen molar-refractivity contribution in [3.63, 3.8) is 0 Å². The summed E-state index contributed by atoms with van der Waals surface area (Å²) in [5, 5.41) is 5.69. The molecule has 2 unspecified atom stereocenters. The maximum atomic E-state index is 2.55. The smallest absolute Gasteiger partial charge is 0.0550 e. The minimum atomic E-state index is -0.897. The van der Waals surface area contributed by atoms with Gasteiger partial charge >= 0.3 is 0 Å². The fourth-order valence-corrected chi connectivity index (χ4v) is 12.1. The maximum Gasteiger partial charge on any atom is 0.0550 e. The van der Waals surface area contributed by atoms with Gasteiger partial charge in [0.2, 0.25) is 0 Å². The molecule has 0 N–H and O–H groups in total. The standard InChI is InChI=1S/C50H39NS/c1-52-31-13-12-22-49(52)47-33-46(37-16-6-3-7-17-37)48(34-50(47)52)51(40-27-23-36(24-28-40)35-14-4-2-5-15-35)41-29-25-38(26-30-41)45-32-39-18-8-9-19-42(39)43-20-10-11-21-44(43)45/h2-12,14-30,32-34,49H,13,31H2,1H3. The molecule has 2 heteroatoms. The first-order chi connectivity index (χ1) is 25.7. The van der Waals surface area contributed by atoms with Gasteiger partial charge in [0.25, 0.3) is 0 Å². The first kappa shape index (κ1) is 30.9. The van der Waals surface area contributed by atoms with Gasteiger partial charge in [-0.25, -0.2) is 10.0 Å². The third-order valence-corrected chi connectivity index (χ3v) is 15.3. The van der Waals surface area contributed by atoms with E-state index in [1.54, 1.807) is 4.90 Å². The Morgan fingerprint density at radius 2 is 1.06 bits per heavy atom. The highest BCUT2D eigenvalue weighted by atomic mass is 32.3. The second kappa shape index (κ2) is 12.4. The van der Waals surface area contributed by atoms with Crippen LogP contribution in [0.4, 0.5) is 17.1 Å². The van der Waals surface area contributed by atoms with Crippen molar-refractivity contribution >= 4 is 48.6 Å². The summed E-state index contributed by atoms with van der Waals surface area (Å²) in [5.41, 5.74) is 12.5. The predicted molar refractivity (Wildman–Crippen MR) is 226 cm³/mol. The van der Waals surface area contributed by atoms with Crippen molar-refractivity contribution in [1.82, 2.24) is 0 Å². The van der Waals surface area contributed by atoms with E-state index in [1.807, 2.05) is 0 Å². The number of fused-ring (bicyclic) bond motifs is 7. The van der Waals surface area contributed by atoms with Gasteiger partial charge in [0.1, 0.15) is 0 Å². The zero-order valence-electron chi connectivity index (χ0n) is 29.2. The number of rotatable bonds is 6. The molecule has 0 amide bonds. The normalized spacial score (nSPS) is 18.6. The molecule has 2 heterocycles. The van der Waals surface area contributed by atoms with Crippen molar-refractivity contribution < 1.29 is 0 Å². The summed E-state index contributed by atoms with van der Waals surface area (Å²) in [7, 11) is -0.897. The highest BCUT2D eigenvalue weighted by molar-refractivity contribution is 8.34. The van der Waals surface area contributed by atoms with Crippen LogP contribution in [0.1, 0.15) is 17.2 Å². The summed E-state index contributed by atoms with van der Waals surface area (Å²) in [6, 6.07) is 65.0. The summed E-state index contributed by atoms with van der Waals surface area (Å²) in [6.07, 6.45) is 8.62. The van der Waals surface area contributed by atoms with E-state index >= 15 is 0 Å². The molecule has 0 spiro atoms. The molecular weight excluding hydrogens is 647 g/mol. The van der Waals surface area contributed by atoms with Gasteiger partial charge in [-0.1, -0.05) is 146 Å². The Bertz CT molecular complexity index is 2620. The van der Waals surface area contributed by atoms with E-state index in [9.17, 15) is 0 Å². The minimum absolute atomic E-state index is 0.558. The number of nitrogens with zero attached hydrogens (tertiary/aromatic N) is 1. The third-order valence-electron chi connectivity index (χ3n) is 11.3. The zero-order valence-corrected chi connectivity index (χ0v) is 30.1. The van der Waals surface area contributed by atoms with Crippen LogP contribution in [0, 0.1) is 0 Å². The molecule has 1 nitrogen and oxygen atoms in total. The molecule has 52 heavy (non-hydrogen) atoms. The van der Waals surface area contributed by atoms with Gasteiger partial charge in [-0.3, -0.25) is 0 Å². The molecule has 0 saturated carbocycles. The molecule has 8 aromatic rings. The quantitative estimate of drug-likeness (QED) is 0.124. The summed E-state index contributed by atoms with van der Waals surface area (Å²) in [5.74, 6) is 1.27. The molecule has 250 valence electrons. The topological polar surface area (TPSA) is 3.24 Å². The summed E-state index contributed by atoms with van der Waals surface area (Å²) in [4.78, 5) is 4.07. The van der Waals surface area contributed by atoms with Crippen LogP contribution >= 0.6 is 10.0 Å². The Labute approximate surface area is 307 Å². The lowest BCUT2D eigenvalue weighted by Crippen LogP contribution is -2.27. The van der Waals surface area contributed by atoms with Gasteiger partial charge in [0.15, 0.2) is 0 Å². The van der Waals surface area contributed by atoms with Crippen molar-refractivity contribution in [1.29, 1.82) is 0 Å². The molecule has 0 fully saturated rings. The fraction of sp³-hybridized carbons (Fsp3) is 0.0800. The molecule has 0 aliphatic carbocycles. The lowest BCUT2D eigenvalue weighted by atomic mass is 9.93. The van der Waals surface area contributed by atoms with E-state index in [2.05, 4.69) is 199 Å². The van der Waals surface area contributed by atoms with Crippen LogP contribution in [-0.4, -0.2) is 12.0 Å². The van der Waals surface area contributed by atoms with E-state index < -0.39 is 10.0 Å². The summed E-state index contributed by atoms with van der Waals surface area (Å²) < 4.78 is 0. The minimum Gasteiger partial charge on any atom is -0.310 e. The van der Waals surface area contributed by atoms with Crippen LogP contribution < -0.4 is 4.90 Å². The van der Waals surface area contributed by atoms with E-state index in [4.69, 9.17) is 0 Å². The number of allylic oxidation sites excluding steroid dienone is 1.